The molecule has 2 aromatic carbocycles. The number of aromatic nitrogens is 3. The van der Waals surface area contributed by atoms with E-state index >= 15 is 0 Å². The molecule has 0 spiro atoms. The summed E-state index contributed by atoms with van der Waals surface area (Å²) < 4.78 is 34.3. The third-order valence-corrected chi connectivity index (χ3v) is 6.32. The van der Waals surface area contributed by atoms with Gasteiger partial charge in [-0.1, -0.05) is 19.3 Å². The molecule has 1 N–H and O–H groups in total. The van der Waals surface area contributed by atoms with Gasteiger partial charge in [0.25, 0.3) is 0 Å². The summed E-state index contributed by atoms with van der Waals surface area (Å²) in [6.45, 7) is 0.581. The lowest BCUT2D eigenvalue weighted by Gasteiger charge is -2.22. The third-order valence-electron chi connectivity index (χ3n) is 6.32. The van der Waals surface area contributed by atoms with Crippen molar-refractivity contribution in [1.82, 2.24) is 15.0 Å². The van der Waals surface area contributed by atoms with E-state index in [9.17, 15) is 8.78 Å². The minimum Gasteiger partial charge on any atom is -0.491 e. The van der Waals surface area contributed by atoms with E-state index in [4.69, 9.17) is 9.72 Å². The van der Waals surface area contributed by atoms with Gasteiger partial charge < -0.3 is 10.1 Å². The van der Waals surface area contributed by atoms with Gasteiger partial charge in [0, 0.05) is 36.5 Å². The Morgan fingerprint density at radius 3 is 2.41 bits per heavy atom. The second-order valence-corrected chi connectivity index (χ2v) is 8.73. The van der Waals surface area contributed by atoms with Crippen LogP contribution in [0.25, 0.3) is 33.4 Å². The first-order chi connectivity index (χ1) is 16.6. The van der Waals surface area contributed by atoms with E-state index in [0.717, 1.165) is 29.9 Å². The van der Waals surface area contributed by atoms with Gasteiger partial charge in [0.2, 0.25) is 0 Å². The Balaban J connectivity index is 1.66. The number of pyridine rings is 1. The predicted octanol–water partition coefficient (Wildman–Crippen LogP) is 6.64. The molecule has 5 nitrogen and oxygen atoms in total. The molecule has 2 aromatic heterocycles. The largest absolute Gasteiger partial charge is 0.491 e. The minimum absolute atomic E-state index is 0.431. The molecule has 1 fully saturated rings. The zero-order valence-electron chi connectivity index (χ0n) is 19.0. The molecule has 0 unspecified atom stereocenters. The molecule has 1 aliphatic rings. The molecule has 4 aromatic rings. The van der Waals surface area contributed by atoms with E-state index in [-0.39, 0.29) is 0 Å². The Bertz CT molecular complexity index is 1290. The maximum absolute atomic E-state index is 14.0. The lowest BCUT2D eigenvalue weighted by Crippen LogP contribution is -2.15. The number of nitrogens with one attached hydrogen (secondary N) is 1. The second kappa shape index (κ2) is 9.71. The van der Waals surface area contributed by atoms with E-state index in [1.54, 1.807) is 19.4 Å². The maximum Gasteiger partial charge on any atom is 0.163 e. The zero-order chi connectivity index (χ0) is 23.5. The molecule has 2 heterocycles. The molecule has 0 atom stereocenters. The van der Waals surface area contributed by atoms with Crippen molar-refractivity contribution in [3.63, 3.8) is 0 Å². The molecular formula is C27H26F2N4O. The van der Waals surface area contributed by atoms with E-state index in [1.165, 1.54) is 31.4 Å². The lowest BCUT2D eigenvalue weighted by molar-refractivity contribution is 0.210. The van der Waals surface area contributed by atoms with Gasteiger partial charge in [0.05, 0.1) is 6.61 Å². The zero-order valence-corrected chi connectivity index (χ0v) is 19.0. The van der Waals surface area contributed by atoms with Crippen LogP contribution in [-0.4, -0.2) is 28.6 Å². The molecule has 34 heavy (non-hydrogen) atoms. The Hall–Kier alpha value is -3.61. The quantitative estimate of drug-likeness (QED) is 0.350. The molecule has 0 bridgehead atoms. The minimum atomic E-state index is -0.628. The van der Waals surface area contributed by atoms with Crippen LogP contribution in [0.2, 0.25) is 0 Å². The number of anilines is 1. The van der Waals surface area contributed by atoms with E-state index in [1.807, 2.05) is 24.3 Å². The molecule has 1 aliphatic carbocycles. The average Bonchev–Trinajstić information content (AvgIpc) is 2.87. The van der Waals surface area contributed by atoms with Crippen molar-refractivity contribution in [2.24, 2.45) is 5.92 Å². The number of hydrogen-bond acceptors (Lipinski definition) is 5. The SMILES string of the molecule is CNc1nc(-c2cccnc2)nc2c(OCC3CCCCC3)cc(-c3cc(F)cc(F)c3)cc12. The van der Waals surface area contributed by atoms with Crippen molar-refractivity contribution in [3.8, 4) is 28.3 Å². The van der Waals surface area contributed by atoms with Crippen LogP contribution in [0, 0.1) is 17.6 Å². The van der Waals surface area contributed by atoms with Gasteiger partial charge in [0.15, 0.2) is 5.82 Å². The Labute approximate surface area is 197 Å². The first-order valence-electron chi connectivity index (χ1n) is 11.6. The van der Waals surface area contributed by atoms with Crippen LogP contribution in [0.5, 0.6) is 5.75 Å². The Morgan fingerprint density at radius 1 is 0.941 bits per heavy atom. The molecule has 0 radical (unpaired) electrons. The molecule has 0 amide bonds. The summed E-state index contributed by atoms with van der Waals surface area (Å²) in [5.74, 6) is 0.935. The van der Waals surface area contributed by atoms with Gasteiger partial charge in [-0.05, 0) is 66.3 Å². The van der Waals surface area contributed by atoms with Crippen molar-refractivity contribution in [3.05, 3.63) is 66.5 Å². The highest BCUT2D eigenvalue weighted by Crippen LogP contribution is 2.37. The first-order valence-corrected chi connectivity index (χ1v) is 11.6. The number of hydrogen-bond donors (Lipinski definition) is 1. The summed E-state index contributed by atoms with van der Waals surface area (Å²) in [4.78, 5) is 13.7. The number of rotatable bonds is 6. The van der Waals surface area contributed by atoms with Crippen LogP contribution in [0.15, 0.2) is 54.9 Å². The summed E-state index contributed by atoms with van der Waals surface area (Å²) >= 11 is 0. The summed E-state index contributed by atoms with van der Waals surface area (Å²) in [5.41, 5.74) is 2.50. The lowest BCUT2D eigenvalue weighted by atomic mass is 9.90. The number of halogens is 2. The second-order valence-electron chi connectivity index (χ2n) is 8.73. The molecular weight excluding hydrogens is 434 g/mol. The van der Waals surface area contributed by atoms with Crippen LogP contribution in [0.1, 0.15) is 32.1 Å². The maximum atomic E-state index is 14.0. The predicted molar refractivity (Wildman–Crippen MR) is 130 cm³/mol. The van der Waals surface area contributed by atoms with Crippen LogP contribution >= 0.6 is 0 Å². The average molecular weight is 461 g/mol. The molecule has 7 heteroatoms. The summed E-state index contributed by atoms with van der Waals surface area (Å²) in [5, 5.41) is 3.86. The van der Waals surface area contributed by atoms with Crippen molar-refractivity contribution in [2.45, 2.75) is 32.1 Å². The normalized spacial score (nSPS) is 14.3. The van der Waals surface area contributed by atoms with Crippen LogP contribution < -0.4 is 10.1 Å². The third kappa shape index (κ3) is 4.69. The van der Waals surface area contributed by atoms with Gasteiger partial charge in [-0.25, -0.2) is 18.7 Å². The Morgan fingerprint density at radius 2 is 1.71 bits per heavy atom. The van der Waals surface area contributed by atoms with E-state index in [0.29, 0.717) is 46.6 Å². The van der Waals surface area contributed by atoms with Crippen molar-refractivity contribution < 1.29 is 13.5 Å². The van der Waals surface area contributed by atoms with E-state index in [2.05, 4.69) is 15.3 Å². The number of nitrogens with zero attached hydrogens (tertiary/aromatic N) is 3. The molecule has 0 saturated heterocycles. The van der Waals surface area contributed by atoms with Gasteiger partial charge in [0.1, 0.15) is 28.7 Å². The fraction of sp³-hybridized carbons (Fsp3) is 0.296. The number of fused-ring (bicyclic) bond motifs is 1. The van der Waals surface area contributed by atoms with Crippen molar-refractivity contribution in [1.29, 1.82) is 0 Å². The molecule has 174 valence electrons. The van der Waals surface area contributed by atoms with Crippen LogP contribution in [-0.2, 0) is 0 Å². The molecule has 1 saturated carbocycles. The van der Waals surface area contributed by atoms with Crippen molar-refractivity contribution in [2.75, 3.05) is 19.0 Å². The first kappa shape index (κ1) is 22.2. The standard InChI is InChI=1S/C27H26F2N4O/c1-30-27-23-12-20(19-10-21(28)14-22(29)11-19)13-24(34-16-17-6-3-2-4-7-17)25(23)32-26(33-27)18-8-5-9-31-15-18/h5,8-15,17H,2-4,6-7,16H2,1H3,(H,30,32,33). The van der Waals surface area contributed by atoms with Gasteiger partial charge in [-0.2, -0.15) is 0 Å². The highest BCUT2D eigenvalue weighted by atomic mass is 19.1. The highest BCUT2D eigenvalue weighted by molar-refractivity contribution is 5.97. The summed E-state index contributed by atoms with van der Waals surface area (Å²) in [6, 6.07) is 10.9. The topological polar surface area (TPSA) is 59.9 Å². The van der Waals surface area contributed by atoms with Crippen LogP contribution in [0.3, 0.4) is 0 Å². The fourth-order valence-electron chi connectivity index (χ4n) is 4.57. The molecule has 5 rings (SSSR count). The summed E-state index contributed by atoms with van der Waals surface area (Å²) in [7, 11) is 1.78. The van der Waals surface area contributed by atoms with Gasteiger partial charge >= 0.3 is 0 Å². The summed E-state index contributed by atoms with van der Waals surface area (Å²) in [6.07, 6.45) is 9.41. The monoisotopic (exact) mass is 460 g/mol. The van der Waals surface area contributed by atoms with Gasteiger partial charge in [-0.15, -0.1) is 0 Å². The van der Waals surface area contributed by atoms with Gasteiger partial charge in [-0.3, -0.25) is 4.98 Å². The number of benzene rings is 2. The number of ether oxygens (including phenoxy) is 1. The van der Waals surface area contributed by atoms with Crippen molar-refractivity contribution >= 4 is 16.7 Å². The highest BCUT2D eigenvalue weighted by Gasteiger charge is 2.19. The molecule has 0 aliphatic heterocycles. The van der Waals surface area contributed by atoms with Crippen LogP contribution in [0.4, 0.5) is 14.6 Å². The fourth-order valence-corrected chi connectivity index (χ4v) is 4.57. The Kier molecular flexibility index (Phi) is 6.34. The van der Waals surface area contributed by atoms with E-state index < -0.39 is 11.6 Å². The smallest absolute Gasteiger partial charge is 0.163 e.